The molecule has 168 valence electrons. The maximum absolute atomic E-state index is 13.3. The summed E-state index contributed by atoms with van der Waals surface area (Å²) in [5, 5.41) is 6.55. The molecular formula is C23H33FN6O. The summed E-state index contributed by atoms with van der Waals surface area (Å²) in [4.78, 5) is 13.9. The zero-order chi connectivity index (χ0) is 22.1. The lowest BCUT2D eigenvalue weighted by Crippen LogP contribution is -2.44. The van der Waals surface area contributed by atoms with Crippen LogP contribution in [0.5, 0.6) is 5.75 Å². The van der Waals surface area contributed by atoms with Crippen molar-refractivity contribution in [3.63, 3.8) is 0 Å². The van der Waals surface area contributed by atoms with E-state index in [2.05, 4.69) is 38.5 Å². The van der Waals surface area contributed by atoms with Crippen molar-refractivity contribution in [3.8, 4) is 5.75 Å². The molecule has 1 fully saturated rings. The summed E-state index contributed by atoms with van der Waals surface area (Å²) in [6, 6.07) is 10.3. The Balaban J connectivity index is 1.54. The van der Waals surface area contributed by atoms with Crippen molar-refractivity contribution in [2.45, 2.75) is 26.5 Å². The van der Waals surface area contributed by atoms with Gasteiger partial charge in [-0.2, -0.15) is 0 Å². The molecule has 1 unspecified atom stereocenters. The highest BCUT2D eigenvalue weighted by Gasteiger charge is 2.15. The largest absolute Gasteiger partial charge is 0.489 e. The van der Waals surface area contributed by atoms with E-state index in [9.17, 15) is 4.39 Å². The minimum Gasteiger partial charge on any atom is -0.489 e. The van der Waals surface area contributed by atoms with E-state index in [1.54, 1.807) is 12.1 Å². The van der Waals surface area contributed by atoms with Gasteiger partial charge < -0.3 is 25.2 Å². The number of nitrogens with one attached hydrogen (secondary N) is 2. The second-order valence-corrected chi connectivity index (χ2v) is 7.77. The number of likely N-dealkylation sites (N-methyl/N-ethyl adjacent to an activating group) is 1. The highest BCUT2D eigenvalue weighted by atomic mass is 19.1. The number of ether oxygens (including phenoxy) is 1. The molecule has 3 rings (SSSR count). The van der Waals surface area contributed by atoms with Crippen LogP contribution in [0.4, 0.5) is 10.2 Å². The summed E-state index contributed by atoms with van der Waals surface area (Å²) in [5.41, 5.74) is 1.12. The molecule has 31 heavy (non-hydrogen) atoms. The van der Waals surface area contributed by atoms with E-state index in [0.717, 1.165) is 50.1 Å². The number of aromatic nitrogens is 1. The second-order valence-electron chi connectivity index (χ2n) is 7.77. The van der Waals surface area contributed by atoms with Crippen LogP contribution >= 0.6 is 0 Å². The number of pyridine rings is 1. The standard InChI is InChI=1S/C23H33FN6O/c1-4-25-23(27-16-18(2)31-21-7-5-6-20(24)15-21)28-17-19-8-9-26-22(14-19)30-12-10-29(3)11-13-30/h5-9,14-15,18H,4,10-13,16-17H2,1-3H3,(H2,25,27,28). The zero-order valence-electron chi connectivity index (χ0n) is 18.6. The Hall–Kier alpha value is -2.87. The highest BCUT2D eigenvalue weighted by Crippen LogP contribution is 2.16. The first-order chi connectivity index (χ1) is 15.0. The molecule has 1 saturated heterocycles. The SMILES string of the molecule is CCNC(=NCc1ccnc(N2CCN(C)CC2)c1)NCC(C)Oc1cccc(F)c1. The third-order valence-corrected chi connectivity index (χ3v) is 5.09. The van der Waals surface area contributed by atoms with Crippen molar-refractivity contribution < 1.29 is 9.13 Å². The van der Waals surface area contributed by atoms with Gasteiger partial charge in [0.1, 0.15) is 23.5 Å². The molecule has 1 aromatic heterocycles. The lowest BCUT2D eigenvalue weighted by Gasteiger charge is -2.33. The molecule has 0 aliphatic carbocycles. The fourth-order valence-electron chi connectivity index (χ4n) is 3.33. The van der Waals surface area contributed by atoms with Gasteiger partial charge in [-0.3, -0.25) is 0 Å². The van der Waals surface area contributed by atoms with Crippen LogP contribution in [0.1, 0.15) is 19.4 Å². The predicted molar refractivity (Wildman–Crippen MR) is 123 cm³/mol. The lowest BCUT2D eigenvalue weighted by molar-refractivity contribution is 0.223. The van der Waals surface area contributed by atoms with Gasteiger partial charge in [0.25, 0.3) is 0 Å². The molecular weight excluding hydrogens is 395 g/mol. The first-order valence-electron chi connectivity index (χ1n) is 10.9. The highest BCUT2D eigenvalue weighted by molar-refractivity contribution is 5.79. The van der Waals surface area contributed by atoms with Gasteiger partial charge in [-0.15, -0.1) is 0 Å². The van der Waals surface area contributed by atoms with Crippen LogP contribution in [-0.4, -0.2) is 68.3 Å². The van der Waals surface area contributed by atoms with Gasteiger partial charge in [0.15, 0.2) is 5.96 Å². The van der Waals surface area contributed by atoms with E-state index in [-0.39, 0.29) is 11.9 Å². The third kappa shape index (κ3) is 7.40. The molecule has 0 spiro atoms. The molecule has 0 radical (unpaired) electrons. The smallest absolute Gasteiger partial charge is 0.191 e. The number of aliphatic imine (C=N–C) groups is 1. The molecule has 1 aromatic carbocycles. The molecule has 1 atom stereocenters. The van der Waals surface area contributed by atoms with Crippen LogP contribution in [0.2, 0.25) is 0 Å². The summed E-state index contributed by atoms with van der Waals surface area (Å²) >= 11 is 0. The average Bonchev–Trinajstić information content (AvgIpc) is 2.76. The van der Waals surface area contributed by atoms with Gasteiger partial charge in [-0.1, -0.05) is 6.07 Å². The number of anilines is 1. The van der Waals surface area contributed by atoms with Gasteiger partial charge in [0.2, 0.25) is 0 Å². The maximum atomic E-state index is 13.3. The van der Waals surface area contributed by atoms with Crippen molar-refractivity contribution in [1.29, 1.82) is 0 Å². The quantitative estimate of drug-likeness (QED) is 0.498. The fraction of sp³-hybridized carbons (Fsp3) is 0.478. The molecule has 7 nitrogen and oxygen atoms in total. The molecule has 2 heterocycles. The van der Waals surface area contributed by atoms with Crippen LogP contribution < -0.4 is 20.3 Å². The molecule has 1 aliphatic heterocycles. The Kier molecular flexibility index (Phi) is 8.46. The number of nitrogens with zero attached hydrogens (tertiary/aromatic N) is 4. The van der Waals surface area contributed by atoms with Crippen molar-refractivity contribution in [1.82, 2.24) is 20.5 Å². The number of hydrogen-bond acceptors (Lipinski definition) is 5. The molecule has 8 heteroatoms. The van der Waals surface area contributed by atoms with Crippen LogP contribution in [0.25, 0.3) is 0 Å². The number of guanidine groups is 1. The Labute approximate surface area is 184 Å². The Bertz CT molecular complexity index is 853. The van der Waals surface area contributed by atoms with E-state index in [4.69, 9.17) is 9.73 Å². The van der Waals surface area contributed by atoms with Crippen LogP contribution in [-0.2, 0) is 6.54 Å². The summed E-state index contributed by atoms with van der Waals surface area (Å²) < 4.78 is 19.1. The molecule has 2 aromatic rings. The average molecular weight is 429 g/mol. The normalized spacial score (nSPS) is 16.1. The summed E-state index contributed by atoms with van der Waals surface area (Å²) in [6.07, 6.45) is 1.71. The fourth-order valence-corrected chi connectivity index (χ4v) is 3.33. The predicted octanol–water partition coefficient (Wildman–Crippen LogP) is 2.50. The minimum atomic E-state index is -0.305. The molecule has 0 bridgehead atoms. The van der Waals surface area contributed by atoms with Crippen LogP contribution in [0, 0.1) is 5.82 Å². The summed E-state index contributed by atoms with van der Waals surface area (Å²) in [6.45, 7) is 9.90. The van der Waals surface area contributed by atoms with Gasteiger partial charge in [-0.05, 0) is 50.7 Å². The second kappa shape index (κ2) is 11.5. The van der Waals surface area contributed by atoms with Gasteiger partial charge in [0, 0.05) is 45.0 Å². The van der Waals surface area contributed by atoms with E-state index >= 15 is 0 Å². The monoisotopic (exact) mass is 428 g/mol. The Morgan fingerprint density at radius 3 is 2.74 bits per heavy atom. The van der Waals surface area contributed by atoms with Gasteiger partial charge >= 0.3 is 0 Å². The Morgan fingerprint density at radius 1 is 1.19 bits per heavy atom. The molecule has 1 aliphatic rings. The third-order valence-electron chi connectivity index (χ3n) is 5.09. The van der Waals surface area contributed by atoms with Crippen molar-refractivity contribution in [2.75, 3.05) is 51.2 Å². The number of halogens is 1. The molecule has 0 amide bonds. The van der Waals surface area contributed by atoms with E-state index in [0.29, 0.717) is 18.8 Å². The first-order valence-corrected chi connectivity index (χ1v) is 10.9. The molecule has 0 saturated carbocycles. The van der Waals surface area contributed by atoms with Crippen molar-refractivity contribution in [2.24, 2.45) is 4.99 Å². The lowest BCUT2D eigenvalue weighted by atomic mass is 10.2. The minimum absolute atomic E-state index is 0.143. The van der Waals surface area contributed by atoms with Crippen molar-refractivity contribution in [3.05, 3.63) is 54.0 Å². The summed E-state index contributed by atoms with van der Waals surface area (Å²) in [7, 11) is 2.15. The van der Waals surface area contributed by atoms with Crippen LogP contribution in [0.15, 0.2) is 47.6 Å². The first kappa shape index (κ1) is 22.8. The maximum Gasteiger partial charge on any atom is 0.191 e. The zero-order valence-corrected chi connectivity index (χ0v) is 18.6. The van der Waals surface area contributed by atoms with Crippen molar-refractivity contribution >= 4 is 11.8 Å². The number of rotatable bonds is 8. The van der Waals surface area contributed by atoms with E-state index < -0.39 is 0 Å². The van der Waals surface area contributed by atoms with E-state index in [1.165, 1.54) is 12.1 Å². The summed E-state index contributed by atoms with van der Waals surface area (Å²) in [5.74, 6) is 1.94. The van der Waals surface area contributed by atoms with E-state index in [1.807, 2.05) is 26.1 Å². The number of hydrogen-bond donors (Lipinski definition) is 2. The Morgan fingerprint density at radius 2 is 2.00 bits per heavy atom. The van der Waals surface area contributed by atoms with Gasteiger partial charge in [-0.25, -0.2) is 14.4 Å². The van der Waals surface area contributed by atoms with Gasteiger partial charge in [0.05, 0.1) is 13.1 Å². The topological polar surface area (TPSA) is 65.0 Å². The number of piperazine rings is 1. The van der Waals surface area contributed by atoms with Crippen LogP contribution in [0.3, 0.4) is 0 Å². The number of benzene rings is 1. The molecule has 2 N–H and O–H groups in total.